The van der Waals surface area contributed by atoms with Gasteiger partial charge in [-0.2, -0.15) is 0 Å². The van der Waals surface area contributed by atoms with Crippen LogP contribution in [0.1, 0.15) is 30.4 Å². The van der Waals surface area contributed by atoms with Gasteiger partial charge in [0.15, 0.2) is 0 Å². The summed E-state index contributed by atoms with van der Waals surface area (Å²) in [5, 5.41) is 0. The highest BCUT2D eigenvalue weighted by molar-refractivity contribution is 9.11. The number of hydrogen-bond acceptors (Lipinski definition) is 4. The number of rotatable bonds is 2. The molecule has 1 aromatic heterocycles. The van der Waals surface area contributed by atoms with E-state index in [2.05, 4.69) is 15.9 Å². The quantitative estimate of drug-likeness (QED) is 0.478. The van der Waals surface area contributed by atoms with Gasteiger partial charge in [-0.15, -0.1) is 11.3 Å². The van der Waals surface area contributed by atoms with Crippen molar-refractivity contribution in [2.75, 3.05) is 0 Å². The Hall–Kier alpha value is -0.680. The fourth-order valence-electron chi connectivity index (χ4n) is 0.861. The van der Waals surface area contributed by atoms with Gasteiger partial charge in [-0.1, -0.05) is 0 Å². The average molecular weight is 291 g/mol. The van der Waals surface area contributed by atoms with Gasteiger partial charge >= 0.3 is 5.97 Å². The minimum Gasteiger partial charge on any atom is -0.454 e. The standard InChI is InChI=1S/C10H11BrO3S/c1-10(2,3)14-9(13)8(12)6-4-5-7(11)15-6/h4-5H,1-3H3. The summed E-state index contributed by atoms with van der Waals surface area (Å²) < 4.78 is 5.78. The monoisotopic (exact) mass is 290 g/mol. The first-order valence-electron chi connectivity index (χ1n) is 4.32. The minimum atomic E-state index is -0.808. The van der Waals surface area contributed by atoms with Gasteiger partial charge in [0.25, 0.3) is 5.78 Å². The number of carbonyl (C=O) groups is 2. The minimum absolute atomic E-state index is 0.385. The summed E-state index contributed by atoms with van der Waals surface area (Å²) in [6.07, 6.45) is 0. The largest absolute Gasteiger partial charge is 0.454 e. The molecule has 0 aliphatic carbocycles. The van der Waals surface area contributed by atoms with Crippen molar-refractivity contribution in [2.45, 2.75) is 26.4 Å². The van der Waals surface area contributed by atoms with Crippen LogP contribution in [0.2, 0.25) is 0 Å². The van der Waals surface area contributed by atoms with E-state index in [0.29, 0.717) is 4.88 Å². The molecule has 1 aromatic rings. The predicted molar refractivity (Wildman–Crippen MR) is 62.2 cm³/mol. The predicted octanol–water partition coefficient (Wildman–Crippen LogP) is 3.04. The molecule has 0 N–H and O–H groups in total. The molecule has 0 aromatic carbocycles. The van der Waals surface area contributed by atoms with Crippen molar-refractivity contribution < 1.29 is 14.3 Å². The Morgan fingerprint density at radius 3 is 2.33 bits per heavy atom. The van der Waals surface area contributed by atoms with E-state index in [9.17, 15) is 9.59 Å². The smallest absolute Gasteiger partial charge is 0.381 e. The van der Waals surface area contributed by atoms with Gasteiger partial charge in [0.1, 0.15) is 5.60 Å². The fourth-order valence-corrected chi connectivity index (χ4v) is 2.17. The molecule has 0 radical (unpaired) electrons. The molecule has 0 amide bonds. The highest BCUT2D eigenvalue weighted by Crippen LogP contribution is 2.23. The van der Waals surface area contributed by atoms with Crippen LogP contribution in [0.4, 0.5) is 0 Å². The first-order valence-corrected chi connectivity index (χ1v) is 5.93. The Morgan fingerprint density at radius 2 is 1.93 bits per heavy atom. The van der Waals surface area contributed by atoms with Crippen molar-refractivity contribution in [1.29, 1.82) is 0 Å². The van der Waals surface area contributed by atoms with Gasteiger partial charge in [0.05, 0.1) is 8.66 Å². The van der Waals surface area contributed by atoms with Crippen molar-refractivity contribution >= 4 is 39.0 Å². The molecule has 0 aliphatic heterocycles. The topological polar surface area (TPSA) is 43.4 Å². The van der Waals surface area contributed by atoms with Crippen LogP contribution >= 0.6 is 27.3 Å². The van der Waals surface area contributed by atoms with Crippen LogP contribution in [-0.2, 0) is 9.53 Å². The normalized spacial score (nSPS) is 11.2. The molecule has 82 valence electrons. The zero-order valence-corrected chi connectivity index (χ0v) is 11.1. The van der Waals surface area contributed by atoms with Crippen molar-refractivity contribution in [3.05, 3.63) is 20.8 Å². The molecule has 3 nitrogen and oxygen atoms in total. The molecular formula is C10H11BrO3S. The van der Waals surface area contributed by atoms with Crippen molar-refractivity contribution in [3.63, 3.8) is 0 Å². The number of Topliss-reactive ketones (excluding diaryl/α,β-unsaturated/α-hetero) is 1. The van der Waals surface area contributed by atoms with E-state index in [0.717, 1.165) is 3.79 Å². The SMILES string of the molecule is CC(C)(C)OC(=O)C(=O)c1ccc(Br)s1. The molecular weight excluding hydrogens is 280 g/mol. The summed E-state index contributed by atoms with van der Waals surface area (Å²) in [7, 11) is 0. The molecule has 5 heteroatoms. The van der Waals surface area contributed by atoms with Crippen LogP contribution in [0, 0.1) is 0 Å². The number of esters is 1. The maximum absolute atomic E-state index is 11.6. The molecule has 0 saturated heterocycles. The second kappa shape index (κ2) is 4.45. The van der Waals surface area contributed by atoms with Gasteiger partial charge in [-0.05, 0) is 48.8 Å². The Bertz CT molecular complexity index is 390. The molecule has 1 rings (SSSR count). The van der Waals surface area contributed by atoms with Crippen LogP contribution in [0.25, 0.3) is 0 Å². The van der Waals surface area contributed by atoms with E-state index in [-0.39, 0.29) is 0 Å². The summed E-state index contributed by atoms with van der Waals surface area (Å²) in [6.45, 7) is 5.17. The second-order valence-corrected chi connectivity index (χ2v) is 6.40. The van der Waals surface area contributed by atoms with Crippen molar-refractivity contribution in [2.24, 2.45) is 0 Å². The summed E-state index contributed by atoms with van der Waals surface area (Å²) >= 11 is 4.44. The van der Waals surface area contributed by atoms with Crippen LogP contribution in [0.3, 0.4) is 0 Å². The average Bonchev–Trinajstić information content (AvgIpc) is 2.47. The van der Waals surface area contributed by atoms with Crippen LogP contribution < -0.4 is 0 Å². The fraction of sp³-hybridized carbons (Fsp3) is 0.400. The maximum Gasteiger partial charge on any atom is 0.381 e. The third kappa shape index (κ3) is 3.76. The number of hydrogen-bond donors (Lipinski definition) is 0. The first kappa shape index (κ1) is 12.4. The lowest BCUT2D eigenvalue weighted by Gasteiger charge is -2.18. The van der Waals surface area contributed by atoms with Gasteiger partial charge < -0.3 is 4.74 Å². The van der Waals surface area contributed by atoms with Crippen LogP contribution in [-0.4, -0.2) is 17.4 Å². The number of carbonyl (C=O) groups excluding carboxylic acids is 2. The van der Waals surface area contributed by atoms with Gasteiger partial charge in [0, 0.05) is 0 Å². The summed E-state index contributed by atoms with van der Waals surface area (Å²) in [6, 6.07) is 3.32. The number of ketones is 1. The van der Waals surface area contributed by atoms with Crippen molar-refractivity contribution in [1.82, 2.24) is 0 Å². The number of halogens is 1. The van der Waals surface area contributed by atoms with Crippen LogP contribution in [0.5, 0.6) is 0 Å². The van der Waals surface area contributed by atoms with Gasteiger partial charge in [0.2, 0.25) is 0 Å². The van der Waals surface area contributed by atoms with Crippen LogP contribution in [0.15, 0.2) is 15.9 Å². The molecule has 0 atom stereocenters. The highest BCUT2D eigenvalue weighted by atomic mass is 79.9. The maximum atomic E-state index is 11.6. The summed E-state index contributed by atoms with van der Waals surface area (Å²) in [5.41, 5.74) is -0.638. The van der Waals surface area contributed by atoms with E-state index < -0.39 is 17.4 Å². The molecule has 0 spiro atoms. The lowest BCUT2D eigenvalue weighted by Crippen LogP contribution is -2.28. The van der Waals surface area contributed by atoms with E-state index in [4.69, 9.17) is 4.74 Å². The van der Waals surface area contributed by atoms with Crippen molar-refractivity contribution in [3.8, 4) is 0 Å². The van der Waals surface area contributed by atoms with Gasteiger partial charge in [-0.3, -0.25) is 4.79 Å². The molecule has 1 heterocycles. The third-order valence-corrected chi connectivity index (χ3v) is 3.00. The zero-order chi connectivity index (χ0) is 11.6. The van der Waals surface area contributed by atoms with E-state index >= 15 is 0 Å². The third-order valence-electron chi connectivity index (χ3n) is 1.38. The molecule has 15 heavy (non-hydrogen) atoms. The summed E-state index contributed by atoms with van der Waals surface area (Å²) in [5.74, 6) is -1.41. The highest BCUT2D eigenvalue weighted by Gasteiger charge is 2.24. The summed E-state index contributed by atoms with van der Waals surface area (Å²) in [4.78, 5) is 23.3. The van der Waals surface area contributed by atoms with E-state index in [1.807, 2.05) is 0 Å². The number of thiophene rings is 1. The number of ether oxygens (including phenoxy) is 1. The Morgan fingerprint density at radius 1 is 1.33 bits per heavy atom. The van der Waals surface area contributed by atoms with E-state index in [1.165, 1.54) is 11.3 Å². The lowest BCUT2D eigenvalue weighted by molar-refractivity contribution is -0.148. The molecule has 0 bridgehead atoms. The Labute approximate surface area is 101 Å². The molecule has 0 fully saturated rings. The first-order chi connectivity index (χ1) is 6.79. The van der Waals surface area contributed by atoms with Gasteiger partial charge in [-0.25, -0.2) is 4.79 Å². The molecule has 0 unspecified atom stereocenters. The zero-order valence-electron chi connectivity index (χ0n) is 8.67. The Balaban J connectivity index is 2.74. The molecule has 0 saturated carbocycles. The second-order valence-electron chi connectivity index (χ2n) is 3.93. The molecule has 0 aliphatic rings. The van der Waals surface area contributed by atoms with E-state index in [1.54, 1.807) is 32.9 Å². The Kier molecular flexibility index (Phi) is 3.67. The lowest BCUT2D eigenvalue weighted by atomic mass is 10.2.